The van der Waals surface area contributed by atoms with E-state index in [1.165, 1.54) is 13.0 Å². The molecule has 108 valence electrons. The molecule has 0 aliphatic heterocycles. The maximum atomic E-state index is 11.6. The molecule has 1 atom stereocenters. The molecule has 0 saturated heterocycles. The van der Waals surface area contributed by atoms with E-state index in [4.69, 9.17) is 15.4 Å². The molecule has 1 rings (SSSR count). The lowest BCUT2D eigenvalue weighted by Crippen LogP contribution is -2.25. The lowest BCUT2D eigenvalue weighted by atomic mass is 10.0. The lowest BCUT2D eigenvalue weighted by molar-refractivity contribution is -0.143. The van der Waals surface area contributed by atoms with Gasteiger partial charge in [-0.15, -0.1) is 0 Å². The Labute approximate surface area is 130 Å². The third-order valence-electron chi connectivity index (χ3n) is 2.52. The molecule has 0 aromatic heterocycles. The van der Waals surface area contributed by atoms with Gasteiger partial charge in [-0.25, -0.2) is 4.79 Å². The molecular weight excluding hydrogens is 336 g/mol. The molecular formula is C15H13BrN2O3. The van der Waals surface area contributed by atoms with Gasteiger partial charge in [-0.1, -0.05) is 28.1 Å². The quantitative estimate of drug-likeness (QED) is 0.486. The van der Waals surface area contributed by atoms with Crippen LogP contribution in [-0.4, -0.2) is 24.1 Å². The highest BCUT2D eigenvalue weighted by Crippen LogP contribution is 2.11. The van der Waals surface area contributed by atoms with Crippen molar-refractivity contribution in [2.24, 2.45) is 5.92 Å². The first-order valence-electron chi connectivity index (χ1n) is 6.02. The first-order chi connectivity index (χ1) is 9.93. The largest absolute Gasteiger partial charge is 0.454 e. The van der Waals surface area contributed by atoms with Crippen LogP contribution in [0.5, 0.6) is 0 Å². The highest BCUT2D eigenvalue weighted by Gasteiger charge is 2.20. The van der Waals surface area contributed by atoms with E-state index in [1.807, 2.05) is 24.3 Å². The maximum Gasteiger partial charge on any atom is 0.331 e. The van der Waals surface area contributed by atoms with Crippen molar-refractivity contribution < 1.29 is 14.3 Å². The van der Waals surface area contributed by atoms with Gasteiger partial charge in [-0.05, 0) is 30.7 Å². The van der Waals surface area contributed by atoms with Crippen LogP contribution in [-0.2, 0) is 14.3 Å². The van der Waals surface area contributed by atoms with Gasteiger partial charge < -0.3 is 10.1 Å². The molecule has 0 heterocycles. The van der Waals surface area contributed by atoms with Crippen molar-refractivity contribution in [3.8, 4) is 6.07 Å². The van der Waals surface area contributed by atoms with Crippen LogP contribution in [0.1, 0.15) is 12.5 Å². The van der Waals surface area contributed by atoms with Crippen LogP contribution < -0.4 is 0 Å². The van der Waals surface area contributed by atoms with Gasteiger partial charge in [-0.2, -0.15) is 5.26 Å². The number of nitrogens with zero attached hydrogens (tertiary/aromatic N) is 1. The normalized spacial score (nSPS) is 11.7. The number of ketones is 1. The number of nitriles is 1. The van der Waals surface area contributed by atoms with Crippen molar-refractivity contribution in [1.29, 1.82) is 10.7 Å². The van der Waals surface area contributed by atoms with Crippen LogP contribution in [0.25, 0.3) is 6.08 Å². The Morgan fingerprint density at radius 2 is 2.05 bits per heavy atom. The number of rotatable bonds is 6. The van der Waals surface area contributed by atoms with Crippen molar-refractivity contribution in [2.75, 3.05) is 6.61 Å². The molecule has 5 nitrogen and oxygen atoms in total. The van der Waals surface area contributed by atoms with E-state index in [1.54, 1.807) is 12.1 Å². The van der Waals surface area contributed by atoms with Crippen LogP contribution in [0.2, 0.25) is 0 Å². The summed E-state index contributed by atoms with van der Waals surface area (Å²) in [5, 5.41) is 16.0. The molecule has 0 radical (unpaired) electrons. The average Bonchev–Trinajstić information content (AvgIpc) is 2.45. The van der Waals surface area contributed by atoms with Crippen molar-refractivity contribution in [2.45, 2.75) is 6.92 Å². The van der Waals surface area contributed by atoms with Gasteiger partial charge in [0.1, 0.15) is 5.92 Å². The van der Waals surface area contributed by atoms with E-state index in [2.05, 4.69) is 15.9 Å². The summed E-state index contributed by atoms with van der Waals surface area (Å²) in [5.41, 5.74) is 0.746. The van der Waals surface area contributed by atoms with Gasteiger partial charge in [0, 0.05) is 16.3 Å². The van der Waals surface area contributed by atoms with Crippen LogP contribution >= 0.6 is 15.9 Å². The molecule has 1 aromatic rings. The second-order valence-electron chi connectivity index (χ2n) is 4.20. The molecule has 0 fully saturated rings. The molecule has 0 amide bonds. The van der Waals surface area contributed by atoms with Crippen molar-refractivity contribution in [1.82, 2.24) is 0 Å². The number of carbonyl (C=O) groups excluding carboxylic acids is 2. The lowest BCUT2D eigenvalue weighted by Gasteiger charge is -2.05. The van der Waals surface area contributed by atoms with E-state index >= 15 is 0 Å². The molecule has 1 unspecified atom stereocenters. The maximum absolute atomic E-state index is 11.6. The molecule has 6 heteroatoms. The summed E-state index contributed by atoms with van der Waals surface area (Å²) in [4.78, 5) is 23.0. The summed E-state index contributed by atoms with van der Waals surface area (Å²) in [6.45, 7) is 0.846. The predicted molar refractivity (Wildman–Crippen MR) is 81.6 cm³/mol. The minimum absolute atomic E-state index is 0.0658. The minimum atomic E-state index is -1.16. The number of ether oxygens (including phenoxy) is 1. The summed E-state index contributed by atoms with van der Waals surface area (Å²) in [7, 11) is 0. The van der Waals surface area contributed by atoms with Crippen LogP contribution in [0, 0.1) is 22.7 Å². The number of hydrogen-bond donors (Lipinski definition) is 1. The van der Waals surface area contributed by atoms with Gasteiger partial charge in [0.15, 0.2) is 12.4 Å². The number of Topliss-reactive ketones (excluding diaryl/α,β-unsaturated/α-hetero) is 1. The van der Waals surface area contributed by atoms with E-state index in [0.717, 1.165) is 10.0 Å². The zero-order valence-electron chi connectivity index (χ0n) is 11.3. The number of nitrogens with one attached hydrogen (secondary N) is 1. The Balaban J connectivity index is 2.51. The topological polar surface area (TPSA) is 91.0 Å². The fourth-order valence-electron chi connectivity index (χ4n) is 1.42. The second kappa shape index (κ2) is 8.12. The molecule has 0 aliphatic rings. The third-order valence-corrected chi connectivity index (χ3v) is 3.05. The Bertz CT molecular complexity index is 615. The van der Waals surface area contributed by atoms with E-state index in [0.29, 0.717) is 0 Å². The Morgan fingerprint density at radius 1 is 1.43 bits per heavy atom. The van der Waals surface area contributed by atoms with E-state index < -0.39 is 24.3 Å². The van der Waals surface area contributed by atoms with Crippen molar-refractivity contribution in [3.05, 3.63) is 40.4 Å². The number of hydrogen-bond acceptors (Lipinski definition) is 5. The molecule has 0 saturated carbocycles. The Morgan fingerprint density at radius 3 is 2.57 bits per heavy atom. The third kappa shape index (κ3) is 5.71. The fourth-order valence-corrected chi connectivity index (χ4v) is 1.69. The van der Waals surface area contributed by atoms with Gasteiger partial charge in [0.05, 0.1) is 6.07 Å². The van der Waals surface area contributed by atoms with Crippen molar-refractivity contribution in [3.63, 3.8) is 0 Å². The first-order valence-corrected chi connectivity index (χ1v) is 6.81. The molecule has 0 bridgehead atoms. The molecule has 0 aliphatic carbocycles. The van der Waals surface area contributed by atoms with Crippen LogP contribution in [0.15, 0.2) is 34.8 Å². The smallest absolute Gasteiger partial charge is 0.331 e. The van der Waals surface area contributed by atoms with Crippen LogP contribution in [0.4, 0.5) is 0 Å². The SMILES string of the molecule is CC(=N)C(C#N)C(=O)COC(=O)/C=C/c1ccc(Br)cc1. The number of carbonyl (C=O) groups is 2. The monoisotopic (exact) mass is 348 g/mol. The highest BCUT2D eigenvalue weighted by molar-refractivity contribution is 9.10. The molecule has 21 heavy (non-hydrogen) atoms. The highest BCUT2D eigenvalue weighted by atomic mass is 79.9. The number of benzene rings is 1. The van der Waals surface area contributed by atoms with Crippen LogP contribution in [0.3, 0.4) is 0 Å². The second-order valence-corrected chi connectivity index (χ2v) is 5.12. The number of halogens is 1. The van der Waals surface area contributed by atoms with Gasteiger partial charge in [-0.3, -0.25) is 4.79 Å². The Kier molecular flexibility index (Phi) is 6.50. The fraction of sp³-hybridized carbons (Fsp3) is 0.200. The minimum Gasteiger partial charge on any atom is -0.454 e. The summed E-state index contributed by atoms with van der Waals surface area (Å²) in [6, 6.07) is 8.98. The standard InChI is InChI=1S/C15H13BrN2O3/c1-10(18)13(8-17)14(19)9-21-15(20)7-4-11-2-5-12(16)6-3-11/h2-7,13,18H,9H2,1H3/b7-4+,18-10?. The van der Waals surface area contributed by atoms with Gasteiger partial charge >= 0.3 is 5.97 Å². The average molecular weight is 349 g/mol. The number of esters is 1. The molecule has 0 spiro atoms. The van der Waals surface area contributed by atoms with Gasteiger partial charge in [0.2, 0.25) is 0 Å². The summed E-state index contributed by atoms with van der Waals surface area (Å²) in [5.74, 6) is -2.44. The van der Waals surface area contributed by atoms with Gasteiger partial charge in [0.25, 0.3) is 0 Å². The zero-order chi connectivity index (χ0) is 15.8. The summed E-state index contributed by atoms with van der Waals surface area (Å²) in [6.07, 6.45) is 2.76. The summed E-state index contributed by atoms with van der Waals surface area (Å²) < 4.78 is 5.68. The van der Waals surface area contributed by atoms with Crippen molar-refractivity contribution >= 4 is 39.5 Å². The summed E-state index contributed by atoms with van der Waals surface area (Å²) >= 11 is 3.30. The molecule has 1 aromatic carbocycles. The van der Waals surface area contributed by atoms with E-state index in [-0.39, 0.29) is 5.71 Å². The van der Waals surface area contributed by atoms with E-state index in [9.17, 15) is 9.59 Å². The predicted octanol–water partition coefficient (Wildman–Crippen LogP) is 2.75. The first kappa shape index (κ1) is 16.8. The molecule has 1 N–H and O–H groups in total. The zero-order valence-corrected chi connectivity index (χ0v) is 12.9. The Hall–Kier alpha value is -2.26.